The molecule has 0 aromatic heterocycles. The predicted octanol–water partition coefficient (Wildman–Crippen LogP) is 6.83. The third-order valence-corrected chi connectivity index (χ3v) is 6.76. The van der Waals surface area contributed by atoms with Gasteiger partial charge in [-0.1, -0.05) is 72.9 Å². The molecule has 0 amide bonds. The lowest BCUT2D eigenvalue weighted by molar-refractivity contribution is 0.453. The molecule has 128 valence electrons. The maximum atomic E-state index is 2.47. The maximum absolute atomic E-state index is 2.47. The van der Waals surface area contributed by atoms with Crippen molar-refractivity contribution < 1.29 is 0 Å². The summed E-state index contributed by atoms with van der Waals surface area (Å²) < 4.78 is 1.32. The summed E-state index contributed by atoms with van der Waals surface area (Å²) in [6.07, 6.45) is 17.4. The van der Waals surface area contributed by atoms with Crippen LogP contribution in [0.5, 0.6) is 0 Å². The van der Waals surface area contributed by atoms with Gasteiger partial charge >= 0.3 is 0 Å². The molecule has 0 saturated heterocycles. The first-order chi connectivity index (χ1) is 12.8. The van der Waals surface area contributed by atoms with E-state index >= 15 is 0 Å². The van der Waals surface area contributed by atoms with Crippen molar-refractivity contribution in [1.29, 1.82) is 0 Å². The maximum Gasteiger partial charge on any atom is 0.0525 e. The molecule has 0 fully saturated rings. The molecule has 5 rings (SSSR count). The highest BCUT2D eigenvalue weighted by Crippen LogP contribution is 2.58. The van der Waals surface area contributed by atoms with Gasteiger partial charge in [-0.15, -0.1) is 0 Å². The van der Waals surface area contributed by atoms with Crippen molar-refractivity contribution in [2.45, 2.75) is 24.7 Å². The van der Waals surface area contributed by atoms with E-state index in [1.54, 1.807) is 5.57 Å². The van der Waals surface area contributed by atoms with Crippen molar-refractivity contribution in [3.63, 3.8) is 0 Å². The smallest absolute Gasteiger partial charge is 0.0525 e. The zero-order valence-corrected chi connectivity index (χ0v) is 16.8. The largest absolute Gasteiger partial charge is 0.0839 e. The lowest BCUT2D eigenvalue weighted by Crippen LogP contribution is -2.36. The molecule has 2 aromatic rings. The monoisotopic (exact) mass is 448 g/mol. The fraction of sp³-hybridized carbons (Fsp3) is 0.200. The van der Waals surface area contributed by atoms with Crippen molar-refractivity contribution in [2.75, 3.05) is 0 Å². The minimum atomic E-state index is -0.0781. The van der Waals surface area contributed by atoms with Crippen LogP contribution >= 0.6 is 22.6 Å². The average Bonchev–Trinajstić information content (AvgIpc) is 3.00. The molecule has 2 atom stereocenters. The SMILES string of the molecule is Ic1ccc2c(c1)C(c1ccccc1)(C1C=CC=CC1)C1=C2CCC=C1. The van der Waals surface area contributed by atoms with Crippen LogP contribution in [-0.4, -0.2) is 0 Å². The molecule has 3 aliphatic rings. The summed E-state index contributed by atoms with van der Waals surface area (Å²) in [5.41, 5.74) is 7.40. The molecule has 0 N–H and O–H groups in total. The predicted molar refractivity (Wildman–Crippen MR) is 118 cm³/mol. The van der Waals surface area contributed by atoms with E-state index in [0.717, 1.165) is 19.3 Å². The van der Waals surface area contributed by atoms with Crippen molar-refractivity contribution in [3.05, 3.63) is 111 Å². The van der Waals surface area contributed by atoms with Gasteiger partial charge in [0.1, 0.15) is 0 Å². The van der Waals surface area contributed by atoms with Crippen molar-refractivity contribution in [2.24, 2.45) is 5.92 Å². The Labute approximate surface area is 169 Å². The molecule has 26 heavy (non-hydrogen) atoms. The average molecular weight is 448 g/mol. The van der Waals surface area contributed by atoms with E-state index in [0.29, 0.717) is 5.92 Å². The fourth-order valence-electron chi connectivity index (χ4n) is 5.09. The number of benzene rings is 2. The molecule has 0 saturated carbocycles. The molecule has 0 heterocycles. The van der Waals surface area contributed by atoms with Crippen LogP contribution in [0.4, 0.5) is 0 Å². The fourth-order valence-corrected chi connectivity index (χ4v) is 5.58. The van der Waals surface area contributed by atoms with Crippen LogP contribution in [0.1, 0.15) is 36.0 Å². The molecule has 2 aromatic carbocycles. The standard InChI is InChI=1S/C25H21I/c26-20-15-16-22-21-13-7-8-14-23(21)25(24(22)17-20,18-9-3-1-4-10-18)19-11-5-2-6-12-19/h1-6,8-11,14-17,19H,7,12-13H2. The van der Waals surface area contributed by atoms with E-state index in [4.69, 9.17) is 0 Å². The van der Waals surface area contributed by atoms with Gasteiger partial charge in [0.15, 0.2) is 0 Å². The third kappa shape index (κ3) is 2.26. The zero-order chi connectivity index (χ0) is 17.6. The number of fused-ring (bicyclic) bond motifs is 2. The van der Waals surface area contributed by atoms with Crippen LogP contribution in [-0.2, 0) is 5.41 Å². The Balaban J connectivity index is 1.88. The minimum Gasteiger partial charge on any atom is -0.0839 e. The number of allylic oxidation sites excluding steroid dienone is 8. The summed E-state index contributed by atoms with van der Waals surface area (Å²) in [4.78, 5) is 0. The topological polar surface area (TPSA) is 0 Å². The first kappa shape index (κ1) is 16.3. The van der Waals surface area contributed by atoms with E-state index < -0.39 is 0 Å². The second kappa shape index (κ2) is 6.38. The highest BCUT2D eigenvalue weighted by atomic mass is 127. The van der Waals surface area contributed by atoms with E-state index in [-0.39, 0.29) is 5.41 Å². The second-order valence-corrected chi connectivity index (χ2v) is 8.60. The Morgan fingerprint density at radius 2 is 1.85 bits per heavy atom. The van der Waals surface area contributed by atoms with E-state index in [2.05, 4.69) is 108 Å². The van der Waals surface area contributed by atoms with Crippen LogP contribution in [0.3, 0.4) is 0 Å². The number of hydrogen-bond donors (Lipinski definition) is 0. The zero-order valence-electron chi connectivity index (χ0n) is 14.7. The van der Waals surface area contributed by atoms with Crippen molar-refractivity contribution >= 4 is 28.2 Å². The van der Waals surface area contributed by atoms with Gasteiger partial charge in [0.05, 0.1) is 5.41 Å². The van der Waals surface area contributed by atoms with Gasteiger partial charge in [-0.25, -0.2) is 0 Å². The van der Waals surface area contributed by atoms with Crippen LogP contribution < -0.4 is 0 Å². The number of halogens is 1. The molecule has 1 heteroatoms. The Morgan fingerprint density at radius 1 is 0.962 bits per heavy atom. The van der Waals surface area contributed by atoms with Gasteiger partial charge in [0.2, 0.25) is 0 Å². The highest BCUT2D eigenvalue weighted by Gasteiger charge is 2.49. The van der Waals surface area contributed by atoms with E-state index in [1.165, 1.54) is 25.8 Å². The first-order valence-corrected chi connectivity index (χ1v) is 10.5. The quantitative estimate of drug-likeness (QED) is 0.442. The van der Waals surface area contributed by atoms with E-state index in [1.807, 2.05) is 0 Å². The molecular formula is C25H21I. The molecule has 0 spiro atoms. The molecule has 3 aliphatic carbocycles. The Bertz CT molecular complexity index is 974. The minimum absolute atomic E-state index is 0.0781. The summed E-state index contributed by atoms with van der Waals surface area (Å²) in [5, 5.41) is 0. The molecule has 0 aliphatic heterocycles. The Kier molecular flexibility index (Phi) is 4.00. The van der Waals surface area contributed by atoms with Crippen LogP contribution in [0.15, 0.2) is 90.6 Å². The Hall–Kier alpha value is -1.87. The van der Waals surface area contributed by atoms with Gasteiger partial charge in [-0.05, 0) is 87.7 Å². The second-order valence-electron chi connectivity index (χ2n) is 7.35. The normalized spacial score (nSPS) is 26.1. The molecule has 0 radical (unpaired) electrons. The Morgan fingerprint density at radius 3 is 2.65 bits per heavy atom. The summed E-state index contributed by atoms with van der Waals surface area (Å²) in [7, 11) is 0. The number of hydrogen-bond acceptors (Lipinski definition) is 0. The van der Waals surface area contributed by atoms with Gasteiger partial charge < -0.3 is 0 Å². The van der Waals surface area contributed by atoms with Gasteiger partial charge in [-0.3, -0.25) is 0 Å². The summed E-state index contributed by atoms with van der Waals surface area (Å²) in [6, 6.07) is 18.2. The summed E-state index contributed by atoms with van der Waals surface area (Å²) >= 11 is 2.47. The van der Waals surface area contributed by atoms with Crippen LogP contribution in [0.2, 0.25) is 0 Å². The van der Waals surface area contributed by atoms with E-state index in [9.17, 15) is 0 Å². The first-order valence-electron chi connectivity index (χ1n) is 9.41. The van der Waals surface area contributed by atoms with Crippen LogP contribution in [0.25, 0.3) is 5.57 Å². The van der Waals surface area contributed by atoms with Crippen molar-refractivity contribution in [3.8, 4) is 0 Å². The molecule has 0 nitrogen and oxygen atoms in total. The third-order valence-electron chi connectivity index (χ3n) is 6.09. The highest BCUT2D eigenvalue weighted by molar-refractivity contribution is 14.1. The molecule has 2 unspecified atom stereocenters. The van der Waals surface area contributed by atoms with Gasteiger partial charge in [0, 0.05) is 3.57 Å². The lowest BCUT2D eigenvalue weighted by atomic mass is 9.61. The van der Waals surface area contributed by atoms with Crippen LogP contribution in [0, 0.1) is 9.49 Å². The molecule has 0 bridgehead atoms. The van der Waals surface area contributed by atoms with Crippen molar-refractivity contribution in [1.82, 2.24) is 0 Å². The van der Waals surface area contributed by atoms with Gasteiger partial charge in [-0.2, -0.15) is 0 Å². The van der Waals surface area contributed by atoms with Gasteiger partial charge in [0.25, 0.3) is 0 Å². The summed E-state index contributed by atoms with van der Waals surface area (Å²) in [5.74, 6) is 0.446. The lowest BCUT2D eigenvalue weighted by Gasteiger charge is -2.41. The molecular weight excluding hydrogens is 427 g/mol. The summed E-state index contributed by atoms with van der Waals surface area (Å²) in [6.45, 7) is 0. The number of rotatable bonds is 2.